The lowest BCUT2D eigenvalue weighted by atomic mass is 10.0. The zero-order valence-corrected chi connectivity index (χ0v) is 21.5. The van der Waals surface area contributed by atoms with E-state index in [1.54, 1.807) is 6.07 Å². The SMILES string of the molecule is O=C(O)CC[C@H]1CN(S(=O)(=O)c2cc(C(F)(F)F)cnc2OCCO)c2cc(/C=C3/CCCOC3)ccc2O1. The third-order valence-corrected chi connectivity index (χ3v) is 7.86. The molecule has 3 heterocycles. The number of aromatic nitrogens is 1. The molecule has 0 amide bonds. The number of sulfonamides is 1. The molecule has 10 nitrogen and oxygen atoms in total. The van der Waals surface area contributed by atoms with Crippen molar-refractivity contribution in [2.24, 2.45) is 0 Å². The lowest BCUT2D eigenvalue weighted by Crippen LogP contribution is -2.44. The highest BCUT2D eigenvalue weighted by atomic mass is 32.2. The fraction of sp³-hybridized carbons (Fsp3) is 0.440. The summed E-state index contributed by atoms with van der Waals surface area (Å²) in [6.45, 7) is -0.218. The number of alkyl halides is 3. The van der Waals surface area contributed by atoms with Crippen molar-refractivity contribution in [2.75, 3.05) is 37.3 Å². The summed E-state index contributed by atoms with van der Waals surface area (Å²) in [5.41, 5.74) is 0.386. The van der Waals surface area contributed by atoms with Gasteiger partial charge >= 0.3 is 12.1 Å². The number of hydrogen-bond acceptors (Lipinski definition) is 8. The van der Waals surface area contributed by atoms with Crippen molar-refractivity contribution >= 4 is 27.8 Å². The maximum absolute atomic E-state index is 14.0. The Morgan fingerprint density at radius 2 is 2.08 bits per heavy atom. The Bertz CT molecular complexity index is 1340. The number of aliphatic hydroxyl groups excluding tert-OH is 1. The second-order valence-corrected chi connectivity index (χ2v) is 10.8. The van der Waals surface area contributed by atoms with Gasteiger partial charge in [-0.2, -0.15) is 13.2 Å². The molecule has 1 saturated heterocycles. The molecule has 0 aliphatic carbocycles. The topological polar surface area (TPSA) is 135 Å². The summed E-state index contributed by atoms with van der Waals surface area (Å²) in [5, 5.41) is 18.2. The Labute approximate surface area is 222 Å². The Kier molecular flexibility index (Phi) is 8.67. The van der Waals surface area contributed by atoms with Crippen LogP contribution < -0.4 is 13.8 Å². The molecule has 0 spiro atoms. The molecule has 0 bridgehead atoms. The van der Waals surface area contributed by atoms with E-state index in [2.05, 4.69) is 4.98 Å². The molecule has 0 unspecified atom stereocenters. The molecule has 2 aliphatic rings. The molecule has 39 heavy (non-hydrogen) atoms. The van der Waals surface area contributed by atoms with Crippen LogP contribution in [0.25, 0.3) is 6.08 Å². The monoisotopic (exact) mass is 572 g/mol. The van der Waals surface area contributed by atoms with Gasteiger partial charge in [0.25, 0.3) is 10.0 Å². The standard InChI is InChI=1S/C25H27F3N2O8S/c26-25(27,28)18-12-22(24(29-13-18)37-9-7-31)39(34,35)30-14-19(4-6-23(32)33)38-21-5-3-16(11-20(21)30)10-17-2-1-8-36-15-17/h3,5,10-13,19,31H,1-2,4,6-9,14-15H2,(H,32,33)/b17-10-/t19-/m0/s1. The smallest absolute Gasteiger partial charge is 0.417 e. The van der Waals surface area contributed by atoms with Crippen molar-refractivity contribution in [1.29, 1.82) is 0 Å². The Balaban J connectivity index is 1.81. The zero-order valence-electron chi connectivity index (χ0n) is 20.7. The van der Waals surface area contributed by atoms with E-state index >= 15 is 0 Å². The van der Waals surface area contributed by atoms with Crippen molar-refractivity contribution in [3.63, 3.8) is 0 Å². The molecule has 0 saturated carbocycles. The third kappa shape index (κ3) is 6.81. The number of benzene rings is 1. The van der Waals surface area contributed by atoms with Gasteiger partial charge in [0.15, 0.2) is 4.90 Å². The lowest BCUT2D eigenvalue weighted by Gasteiger charge is -2.36. The van der Waals surface area contributed by atoms with Gasteiger partial charge in [0, 0.05) is 19.2 Å². The van der Waals surface area contributed by atoms with Crippen molar-refractivity contribution in [1.82, 2.24) is 4.98 Å². The van der Waals surface area contributed by atoms with E-state index in [0.717, 1.165) is 22.7 Å². The van der Waals surface area contributed by atoms with Crippen LogP contribution in [0.15, 0.2) is 40.9 Å². The maximum Gasteiger partial charge on any atom is 0.417 e. The molecule has 1 aromatic carbocycles. The number of nitrogens with zero attached hydrogens (tertiary/aromatic N) is 2. The summed E-state index contributed by atoms with van der Waals surface area (Å²) in [6, 6.07) is 5.21. The van der Waals surface area contributed by atoms with Gasteiger partial charge in [-0.25, -0.2) is 13.4 Å². The van der Waals surface area contributed by atoms with Crippen molar-refractivity contribution in [3.05, 3.63) is 47.2 Å². The van der Waals surface area contributed by atoms with E-state index in [0.29, 0.717) is 31.0 Å². The summed E-state index contributed by atoms with van der Waals surface area (Å²) in [7, 11) is -4.75. The first-order valence-electron chi connectivity index (χ1n) is 12.1. The van der Waals surface area contributed by atoms with E-state index in [-0.39, 0.29) is 30.8 Å². The largest absolute Gasteiger partial charge is 0.486 e. The number of ether oxygens (including phenoxy) is 3. The first kappa shape index (κ1) is 28.6. The Morgan fingerprint density at radius 3 is 2.74 bits per heavy atom. The van der Waals surface area contributed by atoms with E-state index in [1.807, 2.05) is 6.08 Å². The normalized spacial score (nSPS) is 18.9. The fourth-order valence-corrected chi connectivity index (χ4v) is 5.86. The van der Waals surface area contributed by atoms with Crippen LogP contribution in [-0.2, 0) is 25.7 Å². The van der Waals surface area contributed by atoms with Crippen LogP contribution in [0.2, 0.25) is 0 Å². The van der Waals surface area contributed by atoms with Gasteiger partial charge in [0.1, 0.15) is 18.5 Å². The van der Waals surface area contributed by atoms with Crippen molar-refractivity contribution in [2.45, 2.75) is 42.9 Å². The molecule has 2 aliphatic heterocycles. The minimum Gasteiger partial charge on any atom is -0.486 e. The number of rotatable bonds is 9. The minimum absolute atomic E-state index is 0.0430. The second kappa shape index (κ2) is 11.8. The number of fused-ring (bicyclic) bond motifs is 1. The minimum atomic E-state index is -4.89. The summed E-state index contributed by atoms with van der Waals surface area (Å²) in [5.74, 6) is -1.60. The van der Waals surface area contributed by atoms with Crippen LogP contribution in [0.3, 0.4) is 0 Å². The molecule has 0 radical (unpaired) electrons. The highest BCUT2D eigenvalue weighted by molar-refractivity contribution is 7.93. The molecule has 2 N–H and O–H groups in total. The molecule has 14 heteroatoms. The number of aliphatic carboxylic acids is 1. The average molecular weight is 573 g/mol. The van der Waals surface area contributed by atoms with E-state index < -0.39 is 57.8 Å². The number of carboxylic acids is 1. The highest BCUT2D eigenvalue weighted by Crippen LogP contribution is 2.41. The van der Waals surface area contributed by atoms with E-state index in [1.165, 1.54) is 12.1 Å². The number of halogens is 3. The zero-order chi connectivity index (χ0) is 28.2. The van der Waals surface area contributed by atoms with Crippen LogP contribution >= 0.6 is 0 Å². The van der Waals surface area contributed by atoms with Gasteiger partial charge in [0.2, 0.25) is 5.88 Å². The van der Waals surface area contributed by atoms with E-state index in [4.69, 9.17) is 24.4 Å². The number of carboxylic acid groups (broad SMARTS) is 1. The average Bonchev–Trinajstić information content (AvgIpc) is 2.90. The Morgan fingerprint density at radius 1 is 1.28 bits per heavy atom. The molecule has 212 valence electrons. The first-order valence-corrected chi connectivity index (χ1v) is 13.6. The van der Waals surface area contributed by atoms with Crippen LogP contribution in [0.4, 0.5) is 18.9 Å². The molecule has 2 aromatic rings. The van der Waals surface area contributed by atoms with Gasteiger partial charge in [-0.15, -0.1) is 0 Å². The van der Waals surface area contributed by atoms with Gasteiger partial charge in [-0.1, -0.05) is 12.1 Å². The number of hydrogen-bond donors (Lipinski definition) is 2. The third-order valence-electron chi connectivity index (χ3n) is 6.08. The van der Waals surface area contributed by atoms with Gasteiger partial charge in [-0.05, 0) is 48.6 Å². The van der Waals surface area contributed by atoms with Gasteiger partial charge < -0.3 is 24.4 Å². The van der Waals surface area contributed by atoms with Crippen molar-refractivity contribution < 1.29 is 50.8 Å². The summed E-state index contributed by atoms with van der Waals surface area (Å²) in [6.07, 6.45) is -2.19. The molecule has 1 fully saturated rings. The van der Waals surface area contributed by atoms with Gasteiger partial charge in [0.05, 0.1) is 31.0 Å². The molecule has 4 rings (SSSR count). The molecule has 1 atom stereocenters. The summed E-state index contributed by atoms with van der Waals surface area (Å²) >= 11 is 0. The van der Waals surface area contributed by atoms with Crippen LogP contribution in [-0.4, -0.2) is 68.7 Å². The van der Waals surface area contributed by atoms with Crippen LogP contribution in [0, 0.1) is 0 Å². The van der Waals surface area contributed by atoms with Crippen LogP contribution in [0.1, 0.15) is 36.8 Å². The quantitative estimate of drug-likeness (QED) is 0.463. The summed E-state index contributed by atoms with van der Waals surface area (Å²) < 4.78 is 85.9. The number of pyridine rings is 1. The number of aliphatic hydroxyl groups is 1. The Hall–Kier alpha value is -3.36. The maximum atomic E-state index is 14.0. The predicted molar refractivity (Wildman–Crippen MR) is 132 cm³/mol. The molecular formula is C25H27F3N2O8S. The second-order valence-electron chi connectivity index (χ2n) is 8.99. The highest BCUT2D eigenvalue weighted by Gasteiger charge is 2.39. The number of carbonyl (C=O) groups is 1. The fourth-order valence-electron chi connectivity index (χ4n) is 4.25. The summed E-state index contributed by atoms with van der Waals surface area (Å²) in [4.78, 5) is 13.9. The lowest BCUT2D eigenvalue weighted by molar-refractivity contribution is -0.138. The van der Waals surface area contributed by atoms with E-state index in [9.17, 15) is 26.4 Å². The first-order chi connectivity index (χ1) is 18.5. The molecule has 1 aromatic heterocycles. The predicted octanol–water partition coefficient (Wildman–Crippen LogP) is 3.49. The van der Waals surface area contributed by atoms with Gasteiger partial charge in [-0.3, -0.25) is 9.10 Å². The number of anilines is 1. The van der Waals surface area contributed by atoms with Crippen molar-refractivity contribution in [3.8, 4) is 11.6 Å². The molecular weight excluding hydrogens is 545 g/mol. The van der Waals surface area contributed by atoms with Crippen LogP contribution in [0.5, 0.6) is 11.6 Å².